The summed E-state index contributed by atoms with van der Waals surface area (Å²) in [6.07, 6.45) is 0.643. The molecule has 1 rings (SSSR count). The number of rotatable bonds is 1. The van der Waals surface area contributed by atoms with Gasteiger partial charge in [-0.3, -0.25) is 0 Å². The first-order chi connectivity index (χ1) is 7.59. The van der Waals surface area contributed by atoms with Gasteiger partial charge in [-0.05, 0) is 33.6 Å². The van der Waals surface area contributed by atoms with Gasteiger partial charge in [0.15, 0.2) is 0 Å². The second-order valence-electron chi connectivity index (χ2n) is 5.28. The molecule has 0 radical (unpaired) electrons. The van der Waals surface area contributed by atoms with Crippen LogP contribution in [0.1, 0.15) is 33.6 Å². The number of nitrogens with zero attached hydrogens (tertiary/aromatic N) is 1. The van der Waals surface area contributed by atoms with Crippen molar-refractivity contribution in [2.24, 2.45) is 5.14 Å². The Bertz CT molecular complexity index is 386. The Hall–Kier alpha value is -0.820. The highest BCUT2D eigenvalue weighted by molar-refractivity contribution is 7.89. The molecule has 0 saturated carbocycles. The molecule has 0 aliphatic carbocycles. The average molecular weight is 264 g/mol. The van der Waals surface area contributed by atoms with Crippen molar-refractivity contribution >= 4 is 16.1 Å². The molecule has 6 nitrogen and oxygen atoms in total. The number of ether oxygens (including phenoxy) is 1. The highest BCUT2D eigenvalue weighted by Gasteiger charge is 2.32. The number of primary sulfonamides is 1. The molecule has 1 unspecified atom stereocenters. The molecule has 17 heavy (non-hydrogen) atoms. The highest BCUT2D eigenvalue weighted by Crippen LogP contribution is 2.18. The molecule has 0 aromatic rings. The number of piperidine rings is 1. The Morgan fingerprint density at radius 3 is 2.47 bits per heavy atom. The van der Waals surface area contributed by atoms with Crippen molar-refractivity contribution in [1.29, 1.82) is 0 Å². The van der Waals surface area contributed by atoms with E-state index in [-0.39, 0.29) is 6.54 Å². The van der Waals surface area contributed by atoms with Gasteiger partial charge in [0.05, 0.1) is 5.25 Å². The molecule has 0 spiro atoms. The van der Waals surface area contributed by atoms with Gasteiger partial charge in [0.25, 0.3) is 0 Å². The molecule has 100 valence electrons. The van der Waals surface area contributed by atoms with Gasteiger partial charge in [-0.15, -0.1) is 0 Å². The van der Waals surface area contributed by atoms with E-state index in [9.17, 15) is 13.2 Å². The van der Waals surface area contributed by atoms with Crippen LogP contribution in [-0.4, -0.2) is 43.4 Å². The average Bonchev–Trinajstić information content (AvgIpc) is 2.14. The van der Waals surface area contributed by atoms with Crippen molar-refractivity contribution in [3.05, 3.63) is 0 Å². The molecule has 2 N–H and O–H groups in total. The van der Waals surface area contributed by atoms with Crippen LogP contribution in [0.15, 0.2) is 0 Å². The maximum absolute atomic E-state index is 11.8. The van der Waals surface area contributed by atoms with Crippen LogP contribution in [0.25, 0.3) is 0 Å². The molecule has 1 heterocycles. The quantitative estimate of drug-likeness (QED) is 0.754. The molecule has 0 aromatic heterocycles. The van der Waals surface area contributed by atoms with E-state index in [0.29, 0.717) is 19.4 Å². The van der Waals surface area contributed by atoms with Crippen LogP contribution in [0.4, 0.5) is 4.79 Å². The Kier molecular flexibility index (Phi) is 4.03. The summed E-state index contributed by atoms with van der Waals surface area (Å²) in [4.78, 5) is 13.2. The summed E-state index contributed by atoms with van der Waals surface area (Å²) in [7, 11) is -3.59. The van der Waals surface area contributed by atoms with Crippen LogP contribution in [0.5, 0.6) is 0 Å². The lowest BCUT2D eigenvalue weighted by atomic mass is 10.1. The first-order valence-corrected chi connectivity index (χ1v) is 7.20. The third-order valence-electron chi connectivity index (χ3n) is 2.49. The first kappa shape index (κ1) is 14.2. The Morgan fingerprint density at radius 2 is 2.00 bits per heavy atom. The molecule has 1 aliphatic heterocycles. The number of sulfonamides is 1. The minimum Gasteiger partial charge on any atom is -0.444 e. The summed E-state index contributed by atoms with van der Waals surface area (Å²) in [5.41, 5.74) is -0.578. The molecule has 1 aliphatic rings. The van der Waals surface area contributed by atoms with E-state index in [1.807, 2.05) is 0 Å². The molecular formula is C10H20N2O4S. The van der Waals surface area contributed by atoms with Crippen molar-refractivity contribution < 1.29 is 17.9 Å². The van der Waals surface area contributed by atoms with Gasteiger partial charge < -0.3 is 9.64 Å². The lowest BCUT2D eigenvalue weighted by Crippen LogP contribution is -2.48. The van der Waals surface area contributed by atoms with E-state index in [1.54, 1.807) is 20.8 Å². The number of hydrogen-bond acceptors (Lipinski definition) is 4. The van der Waals surface area contributed by atoms with Crippen LogP contribution in [0.2, 0.25) is 0 Å². The predicted octanol–water partition coefficient (Wildman–Crippen LogP) is 0.674. The maximum Gasteiger partial charge on any atom is 0.410 e. The zero-order chi connectivity index (χ0) is 13.3. The van der Waals surface area contributed by atoms with Gasteiger partial charge >= 0.3 is 6.09 Å². The normalized spacial score (nSPS) is 22.4. The highest BCUT2D eigenvalue weighted by atomic mass is 32.2. The van der Waals surface area contributed by atoms with Crippen molar-refractivity contribution in [2.75, 3.05) is 13.1 Å². The van der Waals surface area contributed by atoms with Crippen LogP contribution in [0, 0.1) is 0 Å². The zero-order valence-corrected chi connectivity index (χ0v) is 11.3. The van der Waals surface area contributed by atoms with E-state index in [0.717, 1.165) is 0 Å². The van der Waals surface area contributed by atoms with Gasteiger partial charge in [0.1, 0.15) is 5.60 Å². The summed E-state index contributed by atoms with van der Waals surface area (Å²) in [5, 5.41) is 4.42. The summed E-state index contributed by atoms with van der Waals surface area (Å²) < 4.78 is 27.7. The SMILES string of the molecule is CC(C)(C)OC(=O)N1CCCC(S(N)(=O)=O)C1. The topological polar surface area (TPSA) is 89.7 Å². The van der Waals surface area contributed by atoms with Crippen LogP contribution >= 0.6 is 0 Å². The molecular weight excluding hydrogens is 244 g/mol. The molecule has 1 fully saturated rings. The van der Waals surface area contributed by atoms with Gasteiger partial charge in [0.2, 0.25) is 10.0 Å². The van der Waals surface area contributed by atoms with Crippen molar-refractivity contribution in [2.45, 2.75) is 44.5 Å². The summed E-state index contributed by atoms with van der Waals surface area (Å²) in [6, 6.07) is 0. The smallest absolute Gasteiger partial charge is 0.410 e. The fourth-order valence-electron chi connectivity index (χ4n) is 1.70. The predicted molar refractivity (Wildman–Crippen MR) is 63.9 cm³/mol. The third-order valence-corrected chi connectivity index (χ3v) is 3.81. The van der Waals surface area contributed by atoms with E-state index in [4.69, 9.17) is 9.88 Å². The molecule has 7 heteroatoms. The van der Waals surface area contributed by atoms with Gasteiger partial charge in [-0.25, -0.2) is 18.4 Å². The van der Waals surface area contributed by atoms with Crippen LogP contribution in [0.3, 0.4) is 0 Å². The monoisotopic (exact) mass is 264 g/mol. The van der Waals surface area contributed by atoms with Gasteiger partial charge in [-0.2, -0.15) is 0 Å². The molecule has 1 atom stereocenters. The Morgan fingerprint density at radius 1 is 1.41 bits per heavy atom. The number of likely N-dealkylation sites (tertiary alicyclic amines) is 1. The summed E-state index contributed by atoms with van der Waals surface area (Å²) in [5.74, 6) is 0. The van der Waals surface area contributed by atoms with Crippen molar-refractivity contribution in [1.82, 2.24) is 4.90 Å². The zero-order valence-electron chi connectivity index (χ0n) is 10.5. The number of carbonyl (C=O) groups is 1. The molecule has 0 bridgehead atoms. The number of amides is 1. The molecule has 0 aromatic carbocycles. The minimum absolute atomic E-state index is 0.119. The third kappa shape index (κ3) is 4.51. The second kappa shape index (κ2) is 4.81. The number of nitrogens with two attached hydrogens (primary N) is 1. The lowest BCUT2D eigenvalue weighted by Gasteiger charge is -2.33. The largest absolute Gasteiger partial charge is 0.444 e. The van der Waals surface area contributed by atoms with Crippen molar-refractivity contribution in [3.8, 4) is 0 Å². The van der Waals surface area contributed by atoms with Crippen LogP contribution in [-0.2, 0) is 14.8 Å². The Balaban J connectivity index is 2.64. The fraction of sp³-hybridized carbons (Fsp3) is 0.900. The number of carbonyl (C=O) groups excluding carboxylic acids is 1. The van der Waals surface area contributed by atoms with E-state index in [1.165, 1.54) is 4.90 Å². The second-order valence-corrected chi connectivity index (χ2v) is 7.12. The van der Waals surface area contributed by atoms with Crippen LogP contribution < -0.4 is 5.14 Å². The van der Waals surface area contributed by atoms with Gasteiger partial charge in [-0.1, -0.05) is 0 Å². The lowest BCUT2D eigenvalue weighted by molar-refractivity contribution is 0.0219. The van der Waals surface area contributed by atoms with E-state index >= 15 is 0 Å². The number of hydrogen-bond donors (Lipinski definition) is 1. The molecule has 1 amide bonds. The van der Waals surface area contributed by atoms with E-state index < -0.39 is 27.0 Å². The summed E-state index contributed by atoms with van der Waals surface area (Å²) in [6.45, 7) is 5.94. The van der Waals surface area contributed by atoms with Gasteiger partial charge in [0, 0.05) is 13.1 Å². The van der Waals surface area contributed by atoms with E-state index in [2.05, 4.69) is 0 Å². The standard InChI is InChI=1S/C10H20N2O4S/c1-10(2,3)16-9(13)12-6-4-5-8(7-12)17(11,14)15/h8H,4-7H2,1-3H3,(H2,11,14,15). The maximum atomic E-state index is 11.8. The first-order valence-electron chi connectivity index (χ1n) is 5.59. The van der Waals surface area contributed by atoms with Crippen molar-refractivity contribution in [3.63, 3.8) is 0 Å². The Labute approximate surface area is 102 Å². The fourth-order valence-corrected chi connectivity index (χ4v) is 2.58. The minimum atomic E-state index is -3.59. The molecule has 1 saturated heterocycles. The summed E-state index contributed by atoms with van der Waals surface area (Å²) >= 11 is 0.